The highest BCUT2D eigenvalue weighted by molar-refractivity contribution is 5.69. The molecule has 0 spiro atoms. The van der Waals surface area contributed by atoms with Crippen LogP contribution in [0.15, 0.2) is 24.3 Å². The van der Waals surface area contributed by atoms with E-state index in [1.54, 1.807) is 0 Å². The van der Waals surface area contributed by atoms with Crippen LogP contribution in [0.3, 0.4) is 0 Å². The minimum absolute atomic E-state index is 0.0755. The zero-order valence-corrected chi connectivity index (χ0v) is 11.0. The summed E-state index contributed by atoms with van der Waals surface area (Å²) in [7, 11) is 0. The highest BCUT2D eigenvalue weighted by atomic mass is 19.3. The number of aliphatic carboxylic acids is 1. The average Bonchev–Trinajstić information content (AvgIpc) is 2.32. The summed E-state index contributed by atoms with van der Waals surface area (Å²) in [5.41, 5.74) is 1.25. The van der Waals surface area contributed by atoms with Crippen molar-refractivity contribution in [1.82, 2.24) is 0 Å². The SMILES string of the molecule is Cc1ccccc1C1(CC(=O)O)CCC(F)(F)CC1. The standard InChI is InChI=1S/C15H18F2O2/c1-11-4-2-3-5-12(11)14(10-13(18)19)6-8-15(16,17)9-7-14/h2-5H,6-10H2,1H3,(H,18,19). The summed E-state index contributed by atoms with van der Waals surface area (Å²) >= 11 is 0. The Labute approximate surface area is 111 Å². The summed E-state index contributed by atoms with van der Waals surface area (Å²) in [5, 5.41) is 9.13. The van der Waals surface area contributed by atoms with Gasteiger partial charge < -0.3 is 5.11 Å². The summed E-state index contributed by atoms with van der Waals surface area (Å²) in [6.07, 6.45) is -0.0640. The van der Waals surface area contributed by atoms with Crippen LogP contribution in [0.4, 0.5) is 8.78 Å². The quantitative estimate of drug-likeness (QED) is 0.902. The first-order valence-corrected chi connectivity index (χ1v) is 6.50. The van der Waals surface area contributed by atoms with Crippen molar-refractivity contribution >= 4 is 5.97 Å². The van der Waals surface area contributed by atoms with Crippen LogP contribution in [-0.4, -0.2) is 17.0 Å². The molecule has 1 N–H and O–H groups in total. The second-order valence-electron chi connectivity index (χ2n) is 5.52. The molecule has 1 aromatic rings. The normalized spacial score (nSPS) is 21.0. The molecule has 1 fully saturated rings. The van der Waals surface area contributed by atoms with Gasteiger partial charge in [0.05, 0.1) is 6.42 Å². The Kier molecular flexibility index (Phi) is 3.61. The second kappa shape index (κ2) is 4.91. The van der Waals surface area contributed by atoms with E-state index in [1.807, 2.05) is 31.2 Å². The predicted molar refractivity (Wildman–Crippen MR) is 68.5 cm³/mol. The molecule has 0 radical (unpaired) electrons. The lowest BCUT2D eigenvalue weighted by atomic mass is 9.65. The van der Waals surface area contributed by atoms with Gasteiger partial charge in [-0.25, -0.2) is 8.78 Å². The van der Waals surface area contributed by atoms with E-state index in [9.17, 15) is 13.6 Å². The maximum Gasteiger partial charge on any atom is 0.304 e. The Bertz CT molecular complexity index is 473. The van der Waals surface area contributed by atoms with E-state index < -0.39 is 17.3 Å². The number of halogens is 2. The minimum atomic E-state index is -2.65. The Morgan fingerprint density at radius 3 is 2.32 bits per heavy atom. The molecule has 0 bridgehead atoms. The molecule has 0 aliphatic heterocycles. The molecule has 1 aliphatic rings. The van der Waals surface area contributed by atoms with Crippen molar-refractivity contribution in [2.75, 3.05) is 0 Å². The van der Waals surface area contributed by atoms with Crippen LogP contribution in [0.2, 0.25) is 0 Å². The number of aryl methyl sites for hydroxylation is 1. The van der Waals surface area contributed by atoms with Gasteiger partial charge in [-0.1, -0.05) is 24.3 Å². The molecule has 0 amide bonds. The topological polar surface area (TPSA) is 37.3 Å². The summed E-state index contributed by atoms with van der Waals surface area (Å²) in [6.45, 7) is 1.91. The first-order chi connectivity index (χ1) is 8.85. The van der Waals surface area contributed by atoms with Gasteiger partial charge in [0, 0.05) is 18.3 Å². The number of carbonyl (C=O) groups is 1. The van der Waals surface area contributed by atoms with E-state index >= 15 is 0 Å². The van der Waals surface area contributed by atoms with E-state index in [4.69, 9.17) is 5.11 Å². The third-order valence-electron chi connectivity index (χ3n) is 4.14. The molecular formula is C15H18F2O2. The molecule has 0 atom stereocenters. The zero-order chi connectivity index (χ0) is 14.1. The highest BCUT2D eigenvalue weighted by Crippen LogP contribution is 2.48. The second-order valence-corrected chi connectivity index (χ2v) is 5.52. The Hall–Kier alpha value is -1.45. The molecule has 2 nitrogen and oxygen atoms in total. The fourth-order valence-corrected chi connectivity index (χ4v) is 3.09. The summed E-state index contributed by atoms with van der Waals surface area (Å²) in [6, 6.07) is 7.51. The summed E-state index contributed by atoms with van der Waals surface area (Å²) in [4.78, 5) is 11.1. The lowest BCUT2D eigenvalue weighted by molar-refractivity contribution is -0.140. The first-order valence-electron chi connectivity index (χ1n) is 6.50. The smallest absolute Gasteiger partial charge is 0.304 e. The molecule has 1 aliphatic carbocycles. The van der Waals surface area contributed by atoms with Crippen molar-refractivity contribution in [3.63, 3.8) is 0 Å². The van der Waals surface area contributed by atoms with Crippen molar-refractivity contribution in [1.29, 1.82) is 0 Å². The largest absolute Gasteiger partial charge is 0.481 e. The fraction of sp³-hybridized carbons (Fsp3) is 0.533. The lowest BCUT2D eigenvalue weighted by Crippen LogP contribution is -2.38. The van der Waals surface area contributed by atoms with Crippen LogP contribution in [0.25, 0.3) is 0 Å². The van der Waals surface area contributed by atoms with Crippen LogP contribution in [0.5, 0.6) is 0 Å². The van der Waals surface area contributed by atoms with Crippen molar-refractivity contribution in [2.24, 2.45) is 0 Å². The lowest BCUT2D eigenvalue weighted by Gasteiger charge is -2.40. The fourth-order valence-electron chi connectivity index (χ4n) is 3.09. The van der Waals surface area contributed by atoms with Gasteiger partial charge in [0.1, 0.15) is 0 Å². The van der Waals surface area contributed by atoms with E-state index in [-0.39, 0.29) is 32.1 Å². The molecule has 2 rings (SSSR count). The van der Waals surface area contributed by atoms with Crippen LogP contribution in [-0.2, 0) is 10.2 Å². The van der Waals surface area contributed by atoms with Gasteiger partial charge in [-0.3, -0.25) is 4.79 Å². The zero-order valence-electron chi connectivity index (χ0n) is 11.0. The Morgan fingerprint density at radius 1 is 1.21 bits per heavy atom. The van der Waals surface area contributed by atoms with Crippen LogP contribution >= 0.6 is 0 Å². The average molecular weight is 268 g/mol. The van der Waals surface area contributed by atoms with E-state index in [1.165, 1.54) is 0 Å². The van der Waals surface area contributed by atoms with Crippen molar-refractivity contribution in [3.05, 3.63) is 35.4 Å². The maximum absolute atomic E-state index is 13.4. The van der Waals surface area contributed by atoms with Crippen molar-refractivity contribution < 1.29 is 18.7 Å². The number of rotatable bonds is 3. The molecule has 0 aromatic heterocycles. The molecule has 19 heavy (non-hydrogen) atoms. The summed E-state index contributed by atoms with van der Waals surface area (Å²) < 4.78 is 26.7. The number of benzene rings is 1. The van der Waals surface area contributed by atoms with Gasteiger partial charge in [0.2, 0.25) is 5.92 Å². The third kappa shape index (κ3) is 2.94. The number of carboxylic acid groups (broad SMARTS) is 1. The van der Waals surface area contributed by atoms with Gasteiger partial charge in [0.25, 0.3) is 0 Å². The van der Waals surface area contributed by atoms with E-state index in [0.717, 1.165) is 11.1 Å². The first kappa shape index (κ1) is 14.0. The highest BCUT2D eigenvalue weighted by Gasteiger charge is 2.45. The van der Waals surface area contributed by atoms with Gasteiger partial charge in [-0.15, -0.1) is 0 Å². The molecule has 1 saturated carbocycles. The molecule has 104 valence electrons. The monoisotopic (exact) mass is 268 g/mol. The van der Waals surface area contributed by atoms with Gasteiger partial charge >= 0.3 is 5.97 Å². The maximum atomic E-state index is 13.4. The Morgan fingerprint density at radius 2 is 1.79 bits per heavy atom. The Balaban J connectivity index is 2.37. The number of carboxylic acids is 1. The number of hydrogen-bond acceptors (Lipinski definition) is 1. The van der Waals surface area contributed by atoms with E-state index in [2.05, 4.69) is 0 Å². The molecule has 0 unspecified atom stereocenters. The molecule has 1 aromatic carbocycles. The minimum Gasteiger partial charge on any atom is -0.481 e. The molecule has 0 heterocycles. The predicted octanol–water partition coefficient (Wildman–Crippen LogP) is 3.92. The number of alkyl halides is 2. The van der Waals surface area contributed by atoms with Gasteiger partial charge in [-0.05, 0) is 30.9 Å². The van der Waals surface area contributed by atoms with Gasteiger partial charge in [0.15, 0.2) is 0 Å². The molecule has 0 saturated heterocycles. The van der Waals surface area contributed by atoms with Crippen molar-refractivity contribution in [2.45, 2.75) is 50.4 Å². The van der Waals surface area contributed by atoms with Crippen LogP contribution < -0.4 is 0 Å². The third-order valence-corrected chi connectivity index (χ3v) is 4.14. The number of hydrogen-bond donors (Lipinski definition) is 1. The van der Waals surface area contributed by atoms with E-state index in [0.29, 0.717) is 0 Å². The van der Waals surface area contributed by atoms with Crippen LogP contribution in [0, 0.1) is 6.92 Å². The molecular weight excluding hydrogens is 250 g/mol. The van der Waals surface area contributed by atoms with Gasteiger partial charge in [-0.2, -0.15) is 0 Å². The summed E-state index contributed by atoms with van der Waals surface area (Å²) in [5.74, 6) is -3.57. The van der Waals surface area contributed by atoms with Crippen molar-refractivity contribution in [3.8, 4) is 0 Å². The van der Waals surface area contributed by atoms with Crippen LogP contribution in [0.1, 0.15) is 43.2 Å². The molecule has 4 heteroatoms.